The van der Waals surface area contributed by atoms with Crippen molar-refractivity contribution in [1.82, 2.24) is 10.0 Å². The fourth-order valence-corrected chi connectivity index (χ4v) is 1.24. The van der Waals surface area contributed by atoms with Crippen molar-refractivity contribution in [2.24, 2.45) is 0 Å². The fraction of sp³-hybridized carbons (Fsp3) is 1.00. The lowest BCUT2D eigenvalue weighted by Crippen LogP contribution is -2.36. The molecule has 0 unspecified atom stereocenters. The maximum Gasteiger partial charge on any atom is 0.0133 e. The van der Waals surface area contributed by atoms with E-state index in [1.54, 1.807) is 0 Å². The van der Waals surface area contributed by atoms with Gasteiger partial charge < -0.3 is 0 Å². The fourth-order valence-electron chi connectivity index (χ4n) is 1.24. The zero-order valence-corrected chi connectivity index (χ0v) is 6.43. The SMILES string of the molecule is CCN(C)N1CCCC1. The van der Waals surface area contributed by atoms with Crippen LogP contribution in [0.15, 0.2) is 0 Å². The quantitative estimate of drug-likeness (QED) is 0.546. The lowest BCUT2D eigenvalue weighted by atomic mass is 10.4. The van der Waals surface area contributed by atoms with Gasteiger partial charge in [-0.15, -0.1) is 0 Å². The molecular weight excluding hydrogens is 112 g/mol. The molecule has 0 amide bonds. The van der Waals surface area contributed by atoms with Gasteiger partial charge in [0, 0.05) is 26.7 Å². The van der Waals surface area contributed by atoms with Crippen LogP contribution in [0, 0.1) is 0 Å². The van der Waals surface area contributed by atoms with E-state index in [-0.39, 0.29) is 0 Å². The molecule has 9 heavy (non-hydrogen) atoms. The number of hydrazine groups is 1. The minimum Gasteiger partial charge on any atom is -0.245 e. The van der Waals surface area contributed by atoms with Crippen molar-refractivity contribution < 1.29 is 0 Å². The topological polar surface area (TPSA) is 6.48 Å². The van der Waals surface area contributed by atoms with Gasteiger partial charge in [0.2, 0.25) is 0 Å². The van der Waals surface area contributed by atoms with E-state index in [2.05, 4.69) is 24.0 Å². The molecule has 0 aromatic carbocycles. The van der Waals surface area contributed by atoms with E-state index in [4.69, 9.17) is 0 Å². The Morgan fingerprint density at radius 2 is 1.89 bits per heavy atom. The molecule has 54 valence electrons. The van der Waals surface area contributed by atoms with Gasteiger partial charge in [-0.05, 0) is 12.8 Å². The number of rotatable bonds is 2. The molecule has 0 aromatic heterocycles. The van der Waals surface area contributed by atoms with Crippen molar-refractivity contribution in [1.29, 1.82) is 0 Å². The zero-order chi connectivity index (χ0) is 6.69. The van der Waals surface area contributed by atoms with Crippen molar-refractivity contribution in [3.63, 3.8) is 0 Å². The highest BCUT2D eigenvalue weighted by Gasteiger charge is 2.13. The largest absolute Gasteiger partial charge is 0.245 e. The van der Waals surface area contributed by atoms with E-state index in [1.807, 2.05) is 0 Å². The first-order valence-corrected chi connectivity index (χ1v) is 3.80. The minimum atomic E-state index is 1.14. The number of hydrogen-bond donors (Lipinski definition) is 0. The maximum absolute atomic E-state index is 2.42. The van der Waals surface area contributed by atoms with Gasteiger partial charge in [-0.1, -0.05) is 6.92 Å². The summed E-state index contributed by atoms with van der Waals surface area (Å²) in [7, 11) is 2.16. The van der Waals surface area contributed by atoms with Crippen LogP contribution in [-0.2, 0) is 0 Å². The Morgan fingerprint density at radius 1 is 1.33 bits per heavy atom. The summed E-state index contributed by atoms with van der Waals surface area (Å²) in [4.78, 5) is 0. The molecule has 0 radical (unpaired) electrons. The monoisotopic (exact) mass is 128 g/mol. The van der Waals surface area contributed by atoms with Crippen LogP contribution in [0.3, 0.4) is 0 Å². The van der Waals surface area contributed by atoms with Gasteiger partial charge in [0.1, 0.15) is 0 Å². The second-order valence-corrected chi connectivity index (χ2v) is 2.63. The van der Waals surface area contributed by atoms with Crippen LogP contribution in [0.25, 0.3) is 0 Å². The molecule has 0 saturated carbocycles. The smallest absolute Gasteiger partial charge is 0.0133 e. The second kappa shape index (κ2) is 3.18. The lowest BCUT2D eigenvalue weighted by molar-refractivity contribution is 0.0303. The summed E-state index contributed by atoms with van der Waals surface area (Å²) in [6, 6.07) is 0. The van der Waals surface area contributed by atoms with Gasteiger partial charge in [-0.2, -0.15) is 0 Å². The van der Waals surface area contributed by atoms with E-state index in [0.29, 0.717) is 0 Å². The summed E-state index contributed by atoms with van der Waals surface area (Å²) < 4.78 is 0. The number of hydrogen-bond acceptors (Lipinski definition) is 2. The van der Waals surface area contributed by atoms with E-state index in [1.165, 1.54) is 25.9 Å². The molecule has 1 heterocycles. The minimum absolute atomic E-state index is 1.14. The van der Waals surface area contributed by atoms with Gasteiger partial charge >= 0.3 is 0 Å². The molecule has 0 bridgehead atoms. The summed E-state index contributed by atoms with van der Waals surface area (Å²) in [6.45, 7) is 5.87. The predicted molar refractivity (Wildman–Crippen MR) is 39.1 cm³/mol. The molecule has 1 aliphatic heterocycles. The second-order valence-electron chi connectivity index (χ2n) is 2.63. The van der Waals surface area contributed by atoms with Crippen LogP contribution in [0.2, 0.25) is 0 Å². The third kappa shape index (κ3) is 1.66. The summed E-state index contributed by atoms with van der Waals surface area (Å²) >= 11 is 0. The van der Waals surface area contributed by atoms with Crippen LogP contribution in [-0.4, -0.2) is 36.7 Å². The molecule has 0 aromatic rings. The third-order valence-corrected chi connectivity index (χ3v) is 2.02. The molecule has 0 spiro atoms. The van der Waals surface area contributed by atoms with Crippen LogP contribution in [0.4, 0.5) is 0 Å². The van der Waals surface area contributed by atoms with E-state index in [0.717, 1.165) is 6.54 Å². The highest BCUT2D eigenvalue weighted by Crippen LogP contribution is 2.08. The first kappa shape index (κ1) is 7.03. The van der Waals surface area contributed by atoms with Gasteiger partial charge in [-0.25, -0.2) is 10.0 Å². The van der Waals surface area contributed by atoms with Crippen molar-refractivity contribution >= 4 is 0 Å². The average molecular weight is 128 g/mol. The molecule has 1 fully saturated rings. The number of nitrogens with zero attached hydrogens (tertiary/aromatic N) is 2. The van der Waals surface area contributed by atoms with E-state index >= 15 is 0 Å². The average Bonchev–Trinajstić information content (AvgIpc) is 2.37. The molecular formula is C7H16N2. The molecule has 0 atom stereocenters. The molecule has 1 rings (SSSR count). The third-order valence-electron chi connectivity index (χ3n) is 2.02. The maximum atomic E-state index is 2.42. The van der Waals surface area contributed by atoms with Crippen molar-refractivity contribution in [2.75, 3.05) is 26.7 Å². The standard InChI is InChI=1S/C7H16N2/c1-3-8(2)9-6-4-5-7-9/h3-7H2,1-2H3. The van der Waals surface area contributed by atoms with Crippen LogP contribution in [0.5, 0.6) is 0 Å². The van der Waals surface area contributed by atoms with Crippen molar-refractivity contribution in [3.8, 4) is 0 Å². The summed E-state index contributed by atoms with van der Waals surface area (Å²) in [5, 5.41) is 4.72. The van der Waals surface area contributed by atoms with Crippen molar-refractivity contribution in [2.45, 2.75) is 19.8 Å². The zero-order valence-electron chi connectivity index (χ0n) is 6.43. The lowest BCUT2D eigenvalue weighted by Gasteiger charge is -2.25. The highest BCUT2D eigenvalue weighted by atomic mass is 15.6. The molecule has 0 aliphatic carbocycles. The molecule has 1 aliphatic rings. The van der Waals surface area contributed by atoms with Crippen molar-refractivity contribution in [3.05, 3.63) is 0 Å². The molecule has 1 saturated heterocycles. The Labute approximate surface area is 57.4 Å². The Balaban J connectivity index is 2.24. The predicted octanol–water partition coefficient (Wildman–Crippen LogP) is 0.949. The van der Waals surface area contributed by atoms with Gasteiger partial charge in [0.05, 0.1) is 0 Å². The Bertz CT molecular complexity index is 77.0. The van der Waals surface area contributed by atoms with Gasteiger partial charge in [-0.3, -0.25) is 0 Å². The molecule has 0 N–H and O–H groups in total. The molecule has 2 nitrogen and oxygen atoms in total. The van der Waals surface area contributed by atoms with E-state index in [9.17, 15) is 0 Å². The van der Waals surface area contributed by atoms with Gasteiger partial charge in [0.25, 0.3) is 0 Å². The Hall–Kier alpha value is -0.0800. The van der Waals surface area contributed by atoms with E-state index < -0.39 is 0 Å². The first-order valence-electron chi connectivity index (χ1n) is 3.80. The van der Waals surface area contributed by atoms with Crippen LogP contribution < -0.4 is 0 Å². The first-order chi connectivity index (χ1) is 4.34. The Kier molecular flexibility index (Phi) is 2.49. The Morgan fingerprint density at radius 3 is 2.33 bits per heavy atom. The normalized spacial score (nSPS) is 21.7. The highest BCUT2D eigenvalue weighted by molar-refractivity contribution is 4.61. The summed E-state index contributed by atoms with van der Waals surface area (Å²) in [5.41, 5.74) is 0. The summed E-state index contributed by atoms with van der Waals surface area (Å²) in [6.07, 6.45) is 2.76. The summed E-state index contributed by atoms with van der Waals surface area (Å²) in [5.74, 6) is 0. The van der Waals surface area contributed by atoms with Crippen LogP contribution in [0.1, 0.15) is 19.8 Å². The molecule has 2 heteroatoms. The van der Waals surface area contributed by atoms with Crippen LogP contribution >= 0.6 is 0 Å². The van der Waals surface area contributed by atoms with Gasteiger partial charge in [0.15, 0.2) is 0 Å².